The molecule has 2 heterocycles. The van der Waals surface area contributed by atoms with Gasteiger partial charge >= 0.3 is 0 Å². The van der Waals surface area contributed by atoms with Gasteiger partial charge in [-0.2, -0.15) is 0 Å². The second-order valence-electron chi connectivity index (χ2n) is 7.35. The number of carbonyl (C=O) groups excluding carboxylic acids is 1. The third-order valence-electron chi connectivity index (χ3n) is 5.20. The molecule has 0 spiro atoms. The lowest BCUT2D eigenvalue weighted by Crippen LogP contribution is -2.14. The summed E-state index contributed by atoms with van der Waals surface area (Å²) >= 11 is 12.4. The van der Waals surface area contributed by atoms with Gasteiger partial charge in [0.2, 0.25) is 0 Å². The molecule has 0 unspecified atom stereocenters. The zero-order valence-corrected chi connectivity index (χ0v) is 17.9. The molecular formula is C24H18Cl2O5. The number of ether oxygens (including phenoxy) is 4. The van der Waals surface area contributed by atoms with Crippen LogP contribution in [0.15, 0.2) is 60.7 Å². The van der Waals surface area contributed by atoms with E-state index in [0.717, 1.165) is 16.7 Å². The van der Waals surface area contributed by atoms with E-state index < -0.39 is 12.2 Å². The summed E-state index contributed by atoms with van der Waals surface area (Å²) < 4.78 is 22.7. The molecule has 7 heteroatoms. The Bertz CT molecular complexity index is 1130. The van der Waals surface area contributed by atoms with E-state index in [1.54, 1.807) is 30.3 Å². The van der Waals surface area contributed by atoms with Gasteiger partial charge in [0.25, 0.3) is 0 Å². The molecule has 2 atom stereocenters. The van der Waals surface area contributed by atoms with E-state index in [0.29, 0.717) is 40.3 Å². The molecular weight excluding hydrogens is 439 g/mol. The van der Waals surface area contributed by atoms with Gasteiger partial charge in [-0.3, -0.25) is 4.79 Å². The Morgan fingerprint density at radius 2 is 1.87 bits per heavy atom. The Labute approximate surface area is 189 Å². The minimum absolute atomic E-state index is 0.152. The van der Waals surface area contributed by atoms with Crippen LogP contribution in [0.2, 0.25) is 10.0 Å². The fraction of sp³-hybridized carbons (Fsp3) is 0.208. The van der Waals surface area contributed by atoms with Gasteiger partial charge in [-0.25, -0.2) is 0 Å². The largest absolute Gasteiger partial charge is 0.488 e. The number of fused-ring (bicyclic) bond motifs is 1. The second kappa shape index (κ2) is 8.52. The van der Waals surface area contributed by atoms with Crippen molar-refractivity contribution in [3.05, 3.63) is 93.0 Å². The third kappa shape index (κ3) is 4.27. The predicted octanol–water partition coefficient (Wildman–Crippen LogP) is 5.76. The molecule has 3 aromatic carbocycles. The molecule has 3 aromatic rings. The number of benzene rings is 3. The lowest BCUT2D eigenvalue weighted by atomic mass is 9.99. The molecule has 0 N–H and O–H groups in total. The monoisotopic (exact) mass is 456 g/mol. The SMILES string of the molecule is O=C(c1cc(Cl)ccc1OCc1ccccc1)[C@@H]1O[C@H]1c1cc(Cl)cc2c1OCOC2. The first-order chi connectivity index (χ1) is 15.1. The van der Waals surface area contributed by atoms with Crippen molar-refractivity contribution in [2.45, 2.75) is 25.4 Å². The van der Waals surface area contributed by atoms with Crippen molar-refractivity contribution < 1.29 is 23.7 Å². The lowest BCUT2D eigenvalue weighted by molar-refractivity contribution is -0.0172. The van der Waals surface area contributed by atoms with Crippen LogP contribution < -0.4 is 9.47 Å². The summed E-state index contributed by atoms with van der Waals surface area (Å²) in [6.07, 6.45) is -1.11. The van der Waals surface area contributed by atoms with E-state index in [-0.39, 0.29) is 12.6 Å². The maximum Gasteiger partial charge on any atom is 0.198 e. The van der Waals surface area contributed by atoms with Crippen molar-refractivity contribution in [3.8, 4) is 11.5 Å². The fourth-order valence-corrected chi connectivity index (χ4v) is 4.10. The minimum Gasteiger partial charge on any atom is -0.488 e. The predicted molar refractivity (Wildman–Crippen MR) is 116 cm³/mol. The molecule has 0 aromatic heterocycles. The molecule has 1 fully saturated rings. The van der Waals surface area contributed by atoms with E-state index in [1.807, 2.05) is 30.3 Å². The number of rotatable bonds is 6. The molecule has 0 aliphatic carbocycles. The molecule has 158 valence electrons. The number of Topliss-reactive ketones (excluding diaryl/α,β-unsaturated/α-hetero) is 1. The summed E-state index contributed by atoms with van der Waals surface area (Å²) in [5, 5.41) is 0.993. The summed E-state index contributed by atoms with van der Waals surface area (Å²) in [6.45, 7) is 0.895. The van der Waals surface area contributed by atoms with Crippen LogP contribution in [-0.4, -0.2) is 18.7 Å². The van der Waals surface area contributed by atoms with E-state index in [4.69, 9.17) is 42.1 Å². The van der Waals surface area contributed by atoms with E-state index in [1.165, 1.54) is 0 Å². The summed E-state index contributed by atoms with van der Waals surface area (Å²) in [5.41, 5.74) is 2.97. The Kier molecular flexibility index (Phi) is 5.59. The molecule has 5 rings (SSSR count). The van der Waals surface area contributed by atoms with Gasteiger partial charge in [0.15, 0.2) is 18.7 Å². The molecule has 2 aliphatic heterocycles. The van der Waals surface area contributed by atoms with Crippen molar-refractivity contribution in [1.82, 2.24) is 0 Å². The summed E-state index contributed by atoms with van der Waals surface area (Å²) in [6, 6.07) is 18.3. The highest BCUT2D eigenvalue weighted by molar-refractivity contribution is 6.31. The van der Waals surface area contributed by atoms with Crippen LogP contribution in [0.1, 0.15) is 33.2 Å². The smallest absolute Gasteiger partial charge is 0.198 e. The zero-order chi connectivity index (χ0) is 21.4. The summed E-state index contributed by atoms with van der Waals surface area (Å²) in [7, 11) is 0. The minimum atomic E-state index is -0.661. The van der Waals surface area contributed by atoms with E-state index in [2.05, 4.69) is 0 Å². The van der Waals surface area contributed by atoms with Gasteiger partial charge in [-0.05, 0) is 35.9 Å². The maximum absolute atomic E-state index is 13.3. The molecule has 0 bridgehead atoms. The van der Waals surface area contributed by atoms with Gasteiger partial charge in [-0.1, -0.05) is 53.5 Å². The zero-order valence-electron chi connectivity index (χ0n) is 16.3. The average Bonchev–Trinajstić information content (AvgIpc) is 3.58. The summed E-state index contributed by atoms with van der Waals surface area (Å²) in [5.74, 6) is 0.934. The second-order valence-corrected chi connectivity index (χ2v) is 8.22. The van der Waals surface area contributed by atoms with Crippen LogP contribution in [0.4, 0.5) is 0 Å². The number of hydrogen-bond acceptors (Lipinski definition) is 5. The topological polar surface area (TPSA) is 57.3 Å². The first kappa shape index (κ1) is 20.3. The molecule has 0 saturated carbocycles. The van der Waals surface area contributed by atoms with Crippen molar-refractivity contribution in [2.75, 3.05) is 6.79 Å². The highest BCUT2D eigenvalue weighted by Gasteiger charge is 2.49. The first-order valence-corrected chi connectivity index (χ1v) is 10.5. The van der Waals surface area contributed by atoms with Crippen LogP contribution in [0, 0.1) is 0 Å². The molecule has 31 heavy (non-hydrogen) atoms. The van der Waals surface area contributed by atoms with Crippen molar-refractivity contribution in [2.24, 2.45) is 0 Å². The molecule has 1 saturated heterocycles. The van der Waals surface area contributed by atoms with E-state index in [9.17, 15) is 4.79 Å². The van der Waals surface area contributed by atoms with Crippen molar-refractivity contribution in [1.29, 1.82) is 0 Å². The van der Waals surface area contributed by atoms with Crippen molar-refractivity contribution in [3.63, 3.8) is 0 Å². The number of halogens is 2. The third-order valence-corrected chi connectivity index (χ3v) is 5.66. The maximum atomic E-state index is 13.3. The number of hydrogen-bond donors (Lipinski definition) is 0. The van der Waals surface area contributed by atoms with Gasteiger partial charge in [0.05, 0.1) is 12.2 Å². The van der Waals surface area contributed by atoms with Gasteiger partial charge in [0.1, 0.15) is 24.2 Å². The van der Waals surface area contributed by atoms with Gasteiger partial charge in [0, 0.05) is 21.2 Å². The van der Waals surface area contributed by atoms with Crippen molar-refractivity contribution >= 4 is 29.0 Å². The molecule has 0 radical (unpaired) electrons. The highest BCUT2D eigenvalue weighted by Crippen LogP contribution is 2.48. The van der Waals surface area contributed by atoms with E-state index >= 15 is 0 Å². The highest BCUT2D eigenvalue weighted by atomic mass is 35.5. The first-order valence-electron chi connectivity index (χ1n) is 9.79. The number of ketones is 1. The van der Waals surface area contributed by atoms with Crippen LogP contribution in [0.3, 0.4) is 0 Å². The average molecular weight is 457 g/mol. The van der Waals surface area contributed by atoms with Crippen LogP contribution in [0.25, 0.3) is 0 Å². The summed E-state index contributed by atoms with van der Waals surface area (Å²) in [4.78, 5) is 13.3. The van der Waals surface area contributed by atoms with Crippen LogP contribution >= 0.6 is 23.2 Å². The Morgan fingerprint density at radius 1 is 1.03 bits per heavy atom. The fourth-order valence-electron chi connectivity index (χ4n) is 3.68. The lowest BCUT2D eigenvalue weighted by Gasteiger charge is -2.20. The Balaban J connectivity index is 1.38. The Morgan fingerprint density at radius 3 is 2.71 bits per heavy atom. The number of epoxide rings is 1. The molecule has 2 aliphatic rings. The van der Waals surface area contributed by atoms with Crippen LogP contribution in [0.5, 0.6) is 11.5 Å². The quantitative estimate of drug-likeness (QED) is 0.348. The van der Waals surface area contributed by atoms with Gasteiger partial charge < -0.3 is 18.9 Å². The normalized spacial score (nSPS) is 19.3. The van der Waals surface area contributed by atoms with Crippen LogP contribution in [-0.2, 0) is 22.7 Å². The Hall–Kier alpha value is -2.57. The molecule has 5 nitrogen and oxygen atoms in total. The molecule has 0 amide bonds. The standard InChI is InChI=1S/C24H18Cl2O5/c25-16-6-7-20(29-11-14-4-2-1-3-5-14)18(9-16)21(27)24-23(31-24)19-10-17(26)8-15-12-28-13-30-22(15)19/h1-10,23-24H,11-13H2/t23-,24-/m0/s1. The number of carbonyl (C=O) groups is 1. The van der Waals surface area contributed by atoms with Gasteiger partial charge in [-0.15, -0.1) is 0 Å².